The van der Waals surface area contributed by atoms with Gasteiger partial charge in [0.2, 0.25) is 0 Å². The lowest BCUT2D eigenvalue weighted by atomic mass is 10.1. The molecule has 86 valence electrons. The Balaban J connectivity index is 2.87. The molecule has 0 bridgehead atoms. The van der Waals surface area contributed by atoms with Crippen LogP contribution in [0.4, 0.5) is 13.2 Å². The molecule has 0 aliphatic rings. The summed E-state index contributed by atoms with van der Waals surface area (Å²) >= 11 is 8.43. The number of rotatable bonds is 3. The minimum atomic E-state index is -4.36. The number of carbonyl (C=O) groups is 1. The summed E-state index contributed by atoms with van der Waals surface area (Å²) < 4.78 is 36.7. The predicted octanol–water partition coefficient (Wildman–Crippen LogP) is 3.27. The average molecular weight is 264 g/mol. The largest absolute Gasteiger partial charge is 0.416 e. The van der Waals surface area contributed by atoms with Crippen LogP contribution in [0.1, 0.15) is 17.5 Å². The van der Waals surface area contributed by atoms with E-state index in [2.05, 4.69) is 12.6 Å². The van der Waals surface area contributed by atoms with Crippen molar-refractivity contribution in [1.82, 2.24) is 0 Å². The van der Waals surface area contributed by atoms with Crippen LogP contribution >= 0.6 is 24.8 Å². The quantitative estimate of drug-likeness (QED) is 0.512. The summed E-state index contributed by atoms with van der Waals surface area (Å²) in [5.41, 5.74) is -0.304. The van der Waals surface area contributed by atoms with Gasteiger partial charge in [0.25, 0.3) is 0 Å². The Kier molecular flexibility index (Phi) is 4.09. The van der Waals surface area contributed by atoms with E-state index in [1.807, 2.05) is 0 Å². The van der Waals surface area contributed by atoms with Gasteiger partial charge in [-0.3, -0.25) is 4.79 Å². The second-order valence-corrected chi connectivity index (χ2v) is 4.06. The fourth-order valence-electron chi connectivity index (χ4n) is 1.08. The van der Waals surface area contributed by atoms with Gasteiger partial charge in [-0.25, -0.2) is 0 Å². The van der Waals surface area contributed by atoms with Gasteiger partial charge in [-0.1, -0.05) is 24.4 Å². The van der Waals surface area contributed by atoms with Crippen LogP contribution in [0, 0.1) is 0 Å². The second kappa shape index (κ2) is 4.97. The molecular weight excluding hydrogens is 257 g/mol. The third-order valence-corrected chi connectivity index (χ3v) is 2.38. The number of hydrogen-bond acceptors (Lipinski definition) is 2. The summed E-state index contributed by atoms with van der Waals surface area (Å²) in [7, 11) is 0. The van der Waals surface area contributed by atoms with Crippen LogP contribution in [0.5, 0.6) is 0 Å². The van der Waals surface area contributed by atoms with Gasteiger partial charge in [0, 0.05) is 4.86 Å². The van der Waals surface area contributed by atoms with Gasteiger partial charge in [-0.15, -0.1) is 12.6 Å². The first-order valence-corrected chi connectivity index (χ1v) is 5.08. The van der Waals surface area contributed by atoms with E-state index < -0.39 is 16.9 Å². The van der Waals surface area contributed by atoms with Crippen molar-refractivity contribution in [2.24, 2.45) is 0 Å². The molecular formula is C10H7F3OS2. The molecule has 0 aliphatic carbocycles. The molecule has 1 nitrogen and oxygen atoms in total. The van der Waals surface area contributed by atoms with Crippen molar-refractivity contribution in [3.8, 4) is 0 Å². The first kappa shape index (κ1) is 13.2. The lowest BCUT2D eigenvalue weighted by Crippen LogP contribution is -2.06. The zero-order valence-corrected chi connectivity index (χ0v) is 9.63. The molecule has 0 heterocycles. The van der Waals surface area contributed by atoms with Crippen molar-refractivity contribution < 1.29 is 18.0 Å². The Morgan fingerprint density at radius 3 is 2.12 bits per heavy atom. The SMILES string of the molecule is O=C(S)CC(=S)c1ccc(C(F)(F)F)cc1. The van der Waals surface area contributed by atoms with E-state index in [4.69, 9.17) is 12.2 Å². The van der Waals surface area contributed by atoms with Crippen LogP contribution in [0.15, 0.2) is 24.3 Å². The van der Waals surface area contributed by atoms with Gasteiger partial charge in [0.15, 0.2) is 5.12 Å². The van der Waals surface area contributed by atoms with Crippen molar-refractivity contribution in [3.63, 3.8) is 0 Å². The molecule has 0 fully saturated rings. The Labute approximate surface area is 101 Å². The predicted molar refractivity (Wildman–Crippen MR) is 61.8 cm³/mol. The van der Waals surface area contributed by atoms with Gasteiger partial charge in [0.1, 0.15) is 0 Å². The lowest BCUT2D eigenvalue weighted by molar-refractivity contribution is -0.137. The van der Waals surface area contributed by atoms with Gasteiger partial charge in [0.05, 0.1) is 12.0 Å². The number of benzene rings is 1. The number of alkyl halides is 3. The van der Waals surface area contributed by atoms with Crippen LogP contribution in [0.25, 0.3) is 0 Å². The van der Waals surface area contributed by atoms with E-state index in [9.17, 15) is 18.0 Å². The van der Waals surface area contributed by atoms with Crippen LogP contribution in [-0.4, -0.2) is 9.98 Å². The minimum Gasteiger partial charge on any atom is -0.287 e. The molecule has 0 saturated heterocycles. The highest BCUT2D eigenvalue weighted by Crippen LogP contribution is 2.29. The first-order chi connectivity index (χ1) is 7.30. The van der Waals surface area contributed by atoms with Gasteiger partial charge >= 0.3 is 6.18 Å². The van der Waals surface area contributed by atoms with E-state index >= 15 is 0 Å². The average Bonchev–Trinajstić information content (AvgIpc) is 2.15. The second-order valence-electron chi connectivity index (χ2n) is 3.07. The monoisotopic (exact) mass is 264 g/mol. The highest BCUT2D eigenvalue weighted by Gasteiger charge is 2.30. The molecule has 0 spiro atoms. The highest BCUT2D eigenvalue weighted by molar-refractivity contribution is 7.96. The Bertz CT molecular complexity index is 409. The lowest BCUT2D eigenvalue weighted by Gasteiger charge is -2.07. The summed E-state index contributed by atoms with van der Waals surface area (Å²) in [4.78, 5) is 10.9. The standard InChI is InChI=1S/C10H7F3OS2/c11-10(12,13)7-3-1-6(2-4-7)8(15)5-9(14)16/h1-4H,5H2,(H,14,16). The zero-order chi connectivity index (χ0) is 12.3. The molecule has 0 aromatic heterocycles. The number of thiocarbonyl (C=S) groups is 1. The van der Waals surface area contributed by atoms with Crippen LogP contribution in [-0.2, 0) is 11.0 Å². The Morgan fingerprint density at radius 2 is 1.75 bits per heavy atom. The third kappa shape index (κ3) is 3.61. The van der Waals surface area contributed by atoms with Gasteiger partial charge < -0.3 is 0 Å². The molecule has 0 unspecified atom stereocenters. The number of hydrogen-bond donors (Lipinski definition) is 1. The van der Waals surface area contributed by atoms with E-state index in [1.54, 1.807) is 0 Å². The molecule has 0 atom stereocenters. The number of thiol groups is 1. The minimum absolute atomic E-state index is 0.0518. The summed E-state index contributed by atoms with van der Waals surface area (Å²) in [5.74, 6) is 0. The van der Waals surface area contributed by atoms with E-state index in [1.165, 1.54) is 12.1 Å². The Morgan fingerprint density at radius 1 is 1.25 bits per heavy atom. The third-order valence-electron chi connectivity index (χ3n) is 1.85. The summed E-state index contributed by atoms with van der Waals surface area (Å²) in [6.07, 6.45) is -4.41. The van der Waals surface area contributed by atoms with Crippen LogP contribution in [0.2, 0.25) is 0 Å². The van der Waals surface area contributed by atoms with E-state index in [-0.39, 0.29) is 11.3 Å². The molecule has 1 aromatic rings. The van der Waals surface area contributed by atoms with Crippen molar-refractivity contribution in [3.05, 3.63) is 35.4 Å². The van der Waals surface area contributed by atoms with Gasteiger partial charge in [-0.2, -0.15) is 13.2 Å². The fourth-order valence-corrected chi connectivity index (χ4v) is 1.62. The molecule has 1 rings (SSSR count). The van der Waals surface area contributed by atoms with Gasteiger partial charge in [-0.05, 0) is 17.7 Å². The maximum Gasteiger partial charge on any atom is 0.416 e. The van der Waals surface area contributed by atoms with Crippen molar-refractivity contribution in [1.29, 1.82) is 0 Å². The van der Waals surface area contributed by atoms with E-state index in [0.717, 1.165) is 12.1 Å². The molecule has 0 amide bonds. The molecule has 0 aliphatic heterocycles. The molecule has 0 radical (unpaired) electrons. The summed E-state index contributed by atoms with van der Waals surface area (Å²) in [6.45, 7) is 0. The summed E-state index contributed by atoms with van der Waals surface area (Å²) in [6, 6.07) is 4.37. The van der Waals surface area contributed by atoms with Crippen molar-refractivity contribution in [2.75, 3.05) is 0 Å². The highest BCUT2D eigenvalue weighted by atomic mass is 32.1. The maximum atomic E-state index is 12.2. The van der Waals surface area contributed by atoms with E-state index in [0.29, 0.717) is 5.56 Å². The number of halogens is 3. The smallest absolute Gasteiger partial charge is 0.287 e. The molecule has 16 heavy (non-hydrogen) atoms. The maximum absolute atomic E-state index is 12.2. The topological polar surface area (TPSA) is 17.1 Å². The molecule has 0 N–H and O–H groups in total. The fraction of sp³-hybridized carbons (Fsp3) is 0.200. The normalized spacial score (nSPS) is 11.2. The number of carbonyl (C=O) groups excluding carboxylic acids is 1. The van der Waals surface area contributed by atoms with Crippen LogP contribution in [0.3, 0.4) is 0 Å². The first-order valence-electron chi connectivity index (χ1n) is 4.23. The summed E-state index contributed by atoms with van der Waals surface area (Å²) in [5, 5.41) is -0.412. The zero-order valence-electron chi connectivity index (χ0n) is 7.91. The van der Waals surface area contributed by atoms with Crippen molar-refractivity contribution >= 4 is 34.8 Å². The molecule has 1 aromatic carbocycles. The molecule has 6 heteroatoms. The van der Waals surface area contributed by atoms with Crippen LogP contribution < -0.4 is 0 Å². The Hall–Kier alpha value is -0.880. The van der Waals surface area contributed by atoms with Crippen molar-refractivity contribution in [2.45, 2.75) is 12.6 Å². The molecule has 0 saturated carbocycles.